The van der Waals surface area contributed by atoms with Crippen molar-refractivity contribution >= 4 is 7.92 Å². The van der Waals surface area contributed by atoms with Crippen LogP contribution in [0.15, 0.2) is 0 Å². The Morgan fingerprint density at radius 2 is 0.365 bits per heavy atom. The van der Waals surface area contributed by atoms with Gasteiger partial charge in [-0.1, -0.05) is 281 Å². The Morgan fingerprint density at radius 3 is 0.519 bits per heavy atom. The minimum atomic E-state index is 0.131. The summed E-state index contributed by atoms with van der Waals surface area (Å²) in [5.74, 6) is 0. The summed E-state index contributed by atoms with van der Waals surface area (Å²) < 4.78 is 0. The predicted molar refractivity (Wildman–Crippen MR) is 246 cm³/mol. The third-order valence-electron chi connectivity index (χ3n) is 12.9. The fourth-order valence-corrected chi connectivity index (χ4v) is 13.7. The molecule has 0 heterocycles. The average molecular weight is 749 g/mol. The Morgan fingerprint density at radius 1 is 0.212 bits per heavy atom. The van der Waals surface area contributed by atoms with Gasteiger partial charge in [-0.25, -0.2) is 0 Å². The van der Waals surface area contributed by atoms with Crippen molar-refractivity contribution in [1.82, 2.24) is 0 Å². The van der Waals surface area contributed by atoms with Crippen molar-refractivity contribution in [1.29, 1.82) is 0 Å². The molecule has 3 atom stereocenters. The zero-order chi connectivity index (χ0) is 38.0. The van der Waals surface area contributed by atoms with Crippen LogP contribution in [0.2, 0.25) is 0 Å². The molecule has 0 rings (SSSR count). The molecule has 0 aliphatic carbocycles. The summed E-state index contributed by atoms with van der Waals surface area (Å²) >= 11 is 0. The quantitative estimate of drug-likeness (QED) is 0.0430. The smallest absolute Gasteiger partial charge is 0.0207 e. The van der Waals surface area contributed by atoms with E-state index in [4.69, 9.17) is 0 Å². The summed E-state index contributed by atoms with van der Waals surface area (Å²) in [6.45, 7) is 14.7. The summed E-state index contributed by atoms with van der Waals surface area (Å²) in [5, 5.41) is 0. The van der Waals surface area contributed by atoms with Gasteiger partial charge in [0.2, 0.25) is 0 Å². The fourth-order valence-electron chi connectivity index (χ4n) is 9.25. The first-order chi connectivity index (χ1) is 25.7. The van der Waals surface area contributed by atoms with Crippen molar-refractivity contribution in [2.24, 2.45) is 0 Å². The molecule has 0 spiro atoms. The lowest BCUT2D eigenvalue weighted by Gasteiger charge is -2.40. The van der Waals surface area contributed by atoms with E-state index < -0.39 is 0 Å². The largest absolute Gasteiger partial charge is 0.0972 e. The maximum Gasteiger partial charge on any atom is -0.0207 e. The minimum Gasteiger partial charge on any atom is -0.0972 e. The molecule has 52 heavy (non-hydrogen) atoms. The molecule has 0 aromatic heterocycles. The zero-order valence-electron chi connectivity index (χ0n) is 37.9. The van der Waals surface area contributed by atoms with Crippen molar-refractivity contribution < 1.29 is 0 Å². The molecule has 0 aliphatic heterocycles. The lowest BCUT2D eigenvalue weighted by atomic mass is 10.0. The van der Waals surface area contributed by atoms with E-state index in [1.807, 2.05) is 0 Å². The lowest BCUT2D eigenvalue weighted by Crippen LogP contribution is -2.23. The van der Waals surface area contributed by atoms with Crippen LogP contribution in [0, 0.1) is 0 Å². The number of hydrogen-bond donors (Lipinski definition) is 0. The highest BCUT2D eigenvalue weighted by molar-refractivity contribution is 7.59. The Kier molecular flexibility index (Phi) is 44.5. The molecule has 314 valence electrons. The first-order valence-corrected chi connectivity index (χ1v) is 27.0. The van der Waals surface area contributed by atoms with Gasteiger partial charge < -0.3 is 0 Å². The van der Waals surface area contributed by atoms with E-state index in [0.717, 1.165) is 17.0 Å². The predicted octanol–water partition coefficient (Wildman–Crippen LogP) is 20.1. The zero-order valence-corrected chi connectivity index (χ0v) is 38.8. The first-order valence-electron chi connectivity index (χ1n) is 25.5. The Hall–Kier alpha value is 0.430. The summed E-state index contributed by atoms with van der Waals surface area (Å²) in [5.41, 5.74) is 3.09. The monoisotopic (exact) mass is 749 g/mol. The van der Waals surface area contributed by atoms with Gasteiger partial charge >= 0.3 is 0 Å². The van der Waals surface area contributed by atoms with Gasteiger partial charge in [0.25, 0.3) is 0 Å². The number of hydrogen-bond acceptors (Lipinski definition) is 0. The second kappa shape index (κ2) is 44.1. The van der Waals surface area contributed by atoms with Crippen LogP contribution in [0.5, 0.6) is 0 Å². The summed E-state index contributed by atoms with van der Waals surface area (Å²) in [7, 11) is 0.131. The van der Waals surface area contributed by atoms with Gasteiger partial charge in [-0.2, -0.15) is 0 Å². The topological polar surface area (TPSA) is 0 Å². The molecular weight excluding hydrogens is 644 g/mol. The summed E-state index contributed by atoms with van der Waals surface area (Å²) in [4.78, 5) is 0. The molecule has 0 amide bonds. The Balaban J connectivity index is 4.77. The molecule has 0 saturated heterocycles. The van der Waals surface area contributed by atoms with Crippen molar-refractivity contribution in [2.45, 2.75) is 328 Å². The molecule has 0 bridgehead atoms. The molecule has 0 fully saturated rings. The van der Waals surface area contributed by atoms with Crippen LogP contribution >= 0.6 is 7.92 Å². The molecular formula is C51H105P. The first kappa shape index (κ1) is 52.4. The van der Waals surface area contributed by atoms with Crippen LogP contribution in [0.1, 0.15) is 311 Å². The minimum absolute atomic E-state index is 0.131. The molecule has 0 radical (unpaired) electrons. The van der Waals surface area contributed by atoms with E-state index in [0.29, 0.717) is 0 Å². The normalized spacial score (nSPS) is 14.2. The third-order valence-corrected chi connectivity index (χ3v) is 17.3. The lowest BCUT2D eigenvalue weighted by molar-refractivity contribution is 0.523. The van der Waals surface area contributed by atoms with Crippen molar-refractivity contribution in [3.8, 4) is 0 Å². The van der Waals surface area contributed by atoms with Gasteiger partial charge in [-0.3, -0.25) is 0 Å². The molecule has 0 nitrogen and oxygen atoms in total. The van der Waals surface area contributed by atoms with Gasteiger partial charge in [0.1, 0.15) is 0 Å². The van der Waals surface area contributed by atoms with Crippen molar-refractivity contribution in [3.63, 3.8) is 0 Å². The van der Waals surface area contributed by atoms with E-state index in [-0.39, 0.29) is 7.92 Å². The molecule has 0 aliphatic rings. The molecule has 3 unspecified atom stereocenters. The molecule has 0 saturated carbocycles. The molecule has 1 heteroatoms. The molecule has 0 N–H and O–H groups in total. The van der Waals surface area contributed by atoms with Gasteiger partial charge in [-0.05, 0) is 55.5 Å². The van der Waals surface area contributed by atoms with Gasteiger partial charge in [0.15, 0.2) is 0 Å². The van der Waals surface area contributed by atoms with Crippen molar-refractivity contribution in [2.75, 3.05) is 0 Å². The van der Waals surface area contributed by atoms with Gasteiger partial charge in [0.05, 0.1) is 0 Å². The van der Waals surface area contributed by atoms with Crippen LogP contribution in [0.25, 0.3) is 0 Å². The standard InChI is InChI=1S/C51H105P/c1-7-13-16-19-22-25-28-31-34-37-40-43-46-49(10-4)52(50(11-5)47-44-41-38-35-32-29-26-23-20-17-14-8-2)51(12-6)48-45-42-39-36-33-30-27-24-21-18-15-9-3/h49-51H,7-48H2,1-6H3. The van der Waals surface area contributed by atoms with Crippen LogP contribution in [-0.2, 0) is 0 Å². The second-order valence-corrected chi connectivity index (χ2v) is 20.8. The van der Waals surface area contributed by atoms with Crippen LogP contribution in [-0.4, -0.2) is 17.0 Å². The summed E-state index contributed by atoms with van der Waals surface area (Å²) in [6, 6.07) is 0. The Labute approximate surface area is 334 Å². The van der Waals surface area contributed by atoms with E-state index in [2.05, 4.69) is 41.5 Å². The number of unbranched alkanes of at least 4 members (excludes halogenated alkanes) is 33. The fraction of sp³-hybridized carbons (Fsp3) is 1.00. The van der Waals surface area contributed by atoms with E-state index >= 15 is 0 Å². The maximum absolute atomic E-state index is 2.58. The van der Waals surface area contributed by atoms with E-state index in [1.165, 1.54) is 250 Å². The highest BCUT2D eigenvalue weighted by atomic mass is 31.1. The SMILES string of the molecule is CCCCCCCCCCCCCCC(CC)P(C(CC)CCCCCCCCCCCCCC)C(CC)CCCCCCCCCCCCCC. The van der Waals surface area contributed by atoms with Crippen LogP contribution in [0.3, 0.4) is 0 Å². The van der Waals surface area contributed by atoms with Gasteiger partial charge in [0, 0.05) is 0 Å². The van der Waals surface area contributed by atoms with Crippen LogP contribution < -0.4 is 0 Å². The van der Waals surface area contributed by atoms with E-state index in [9.17, 15) is 0 Å². The molecule has 0 aromatic carbocycles. The van der Waals surface area contributed by atoms with Gasteiger partial charge in [-0.15, -0.1) is 0 Å². The molecule has 0 aromatic rings. The van der Waals surface area contributed by atoms with Crippen molar-refractivity contribution in [3.05, 3.63) is 0 Å². The van der Waals surface area contributed by atoms with E-state index in [1.54, 1.807) is 19.3 Å². The Bertz CT molecular complexity index is 543. The number of rotatable bonds is 45. The highest BCUT2D eigenvalue weighted by Gasteiger charge is 2.32. The maximum atomic E-state index is 2.58. The summed E-state index contributed by atoms with van der Waals surface area (Å²) in [6.07, 6.45) is 62.1. The highest BCUT2D eigenvalue weighted by Crippen LogP contribution is 2.58. The van der Waals surface area contributed by atoms with Crippen LogP contribution in [0.4, 0.5) is 0 Å². The third kappa shape index (κ3) is 33.7. The average Bonchev–Trinajstić information content (AvgIpc) is 3.16. The second-order valence-electron chi connectivity index (χ2n) is 17.7.